The van der Waals surface area contributed by atoms with Crippen molar-refractivity contribution in [3.05, 3.63) is 22.8 Å². The Bertz CT molecular complexity index is 395. The Labute approximate surface area is 128 Å². The van der Waals surface area contributed by atoms with Crippen molar-refractivity contribution in [2.24, 2.45) is 0 Å². The molecule has 0 saturated heterocycles. The van der Waals surface area contributed by atoms with E-state index >= 15 is 0 Å². The van der Waals surface area contributed by atoms with Crippen LogP contribution in [0.1, 0.15) is 26.0 Å². The monoisotopic (exact) mass is 298 g/mol. The van der Waals surface area contributed by atoms with Crippen LogP contribution < -0.4 is 10.2 Å². The van der Waals surface area contributed by atoms with Crippen molar-refractivity contribution in [3.8, 4) is 0 Å². The zero-order chi connectivity index (χ0) is 15.0. The number of nitrogens with zero attached hydrogens (tertiary/aromatic N) is 3. The second-order valence-corrected chi connectivity index (χ2v) is 5.52. The minimum Gasteiger partial charge on any atom is -0.357 e. The molecular formula is C15H27ClN4. The van der Waals surface area contributed by atoms with Crippen LogP contribution in [0.15, 0.2) is 12.1 Å². The summed E-state index contributed by atoms with van der Waals surface area (Å²) < 4.78 is 0. The summed E-state index contributed by atoms with van der Waals surface area (Å²) in [6, 6.07) is 3.96. The van der Waals surface area contributed by atoms with Gasteiger partial charge in [0.2, 0.25) is 0 Å². The Morgan fingerprint density at radius 2 is 1.95 bits per heavy atom. The number of aromatic nitrogens is 1. The topological polar surface area (TPSA) is 31.4 Å². The van der Waals surface area contributed by atoms with Crippen molar-refractivity contribution < 1.29 is 0 Å². The standard InChI is InChI=1S/C15H27ClN4/c1-5-17-12-14-13(16)8-9-15(18-14)20(6-2)11-7-10-19(3)4/h8-9,17H,5-7,10-12H2,1-4H3. The largest absolute Gasteiger partial charge is 0.357 e. The number of rotatable bonds is 9. The highest BCUT2D eigenvalue weighted by Gasteiger charge is 2.09. The predicted molar refractivity (Wildman–Crippen MR) is 87.7 cm³/mol. The summed E-state index contributed by atoms with van der Waals surface area (Å²) in [6.07, 6.45) is 1.13. The molecule has 0 radical (unpaired) electrons. The van der Waals surface area contributed by atoms with E-state index in [2.05, 4.69) is 43.1 Å². The highest BCUT2D eigenvalue weighted by atomic mass is 35.5. The molecule has 1 rings (SSSR count). The average Bonchev–Trinajstić information content (AvgIpc) is 2.43. The maximum atomic E-state index is 6.20. The second kappa shape index (κ2) is 9.16. The Morgan fingerprint density at radius 3 is 2.55 bits per heavy atom. The van der Waals surface area contributed by atoms with Gasteiger partial charge in [0.25, 0.3) is 0 Å². The fraction of sp³-hybridized carbons (Fsp3) is 0.667. The summed E-state index contributed by atoms with van der Waals surface area (Å²) in [5.74, 6) is 1.02. The highest BCUT2D eigenvalue weighted by molar-refractivity contribution is 6.31. The molecule has 0 unspecified atom stereocenters. The quantitative estimate of drug-likeness (QED) is 0.759. The second-order valence-electron chi connectivity index (χ2n) is 5.11. The molecular weight excluding hydrogens is 272 g/mol. The summed E-state index contributed by atoms with van der Waals surface area (Å²) in [5, 5.41) is 4.01. The van der Waals surface area contributed by atoms with Crippen molar-refractivity contribution in [1.29, 1.82) is 0 Å². The van der Waals surface area contributed by atoms with E-state index in [1.807, 2.05) is 12.1 Å². The number of pyridine rings is 1. The van der Waals surface area contributed by atoms with E-state index in [0.29, 0.717) is 0 Å². The van der Waals surface area contributed by atoms with E-state index in [0.717, 1.165) is 55.7 Å². The summed E-state index contributed by atoms with van der Waals surface area (Å²) >= 11 is 6.20. The van der Waals surface area contributed by atoms with Gasteiger partial charge in [0.1, 0.15) is 5.82 Å². The third-order valence-corrected chi connectivity index (χ3v) is 3.53. The third kappa shape index (κ3) is 5.65. The molecule has 5 heteroatoms. The molecule has 1 N–H and O–H groups in total. The Hall–Kier alpha value is -0.840. The summed E-state index contributed by atoms with van der Waals surface area (Å²) in [6.45, 7) is 8.95. The van der Waals surface area contributed by atoms with E-state index in [-0.39, 0.29) is 0 Å². The third-order valence-electron chi connectivity index (χ3n) is 3.19. The summed E-state index contributed by atoms with van der Waals surface area (Å²) in [4.78, 5) is 9.21. The van der Waals surface area contributed by atoms with Crippen LogP contribution in [0.2, 0.25) is 5.02 Å². The molecule has 0 aliphatic heterocycles. The molecule has 20 heavy (non-hydrogen) atoms. The molecule has 0 spiro atoms. The maximum absolute atomic E-state index is 6.20. The van der Waals surface area contributed by atoms with Crippen LogP contribution >= 0.6 is 11.6 Å². The van der Waals surface area contributed by atoms with E-state index < -0.39 is 0 Å². The van der Waals surface area contributed by atoms with Crippen LogP contribution in [0.4, 0.5) is 5.82 Å². The molecule has 0 saturated carbocycles. The van der Waals surface area contributed by atoms with Crippen LogP contribution in [0.3, 0.4) is 0 Å². The average molecular weight is 299 g/mol. The van der Waals surface area contributed by atoms with Gasteiger partial charge in [0.15, 0.2) is 0 Å². The Morgan fingerprint density at radius 1 is 1.20 bits per heavy atom. The van der Waals surface area contributed by atoms with Crippen LogP contribution in [0, 0.1) is 0 Å². The Balaban J connectivity index is 2.71. The smallest absolute Gasteiger partial charge is 0.128 e. The van der Waals surface area contributed by atoms with Gasteiger partial charge < -0.3 is 15.1 Å². The van der Waals surface area contributed by atoms with Gasteiger partial charge in [-0.15, -0.1) is 0 Å². The minimum absolute atomic E-state index is 0.721. The first-order chi connectivity index (χ1) is 9.58. The normalized spacial score (nSPS) is 11.1. The number of anilines is 1. The first-order valence-electron chi connectivity index (χ1n) is 7.34. The molecule has 4 nitrogen and oxygen atoms in total. The number of nitrogens with one attached hydrogen (secondary N) is 1. The molecule has 0 amide bonds. The molecule has 1 aromatic heterocycles. The van der Waals surface area contributed by atoms with E-state index in [9.17, 15) is 0 Å². The van der Waals surface area contributed by atoms with Crippen molar-refractivity contribution in [3.63, 3.8) is 0 Å². The molecule has 0 atom stereocenters. The van der Waals surface area contributed by atoms with Gasteiger partial charge in [0.05, 0.1) is 10.7 Å². The molecule has 0 fully saturated rings. The predicted octanol–water partition coefficient (Wildman–Crippen LogP) is 2.62. The molecule has 0 aliphatic carbocycles. The van der Waals surface area contributed by atoms with Gasteiger partial charge in [0, 0.05) is 19.6 Å². The highest BCUT2D eigenvalue weighted by Crippen LogP contribution is 2.19. The molecule has 114 valence electrons. The van der Waals surface area contributed by atoms with Crippen molar-refractivity contribution in [2.45, 2.75) is 26.8 Å². The van der Waals surface area contributed by atoms with Crippen LogP contribution in [-0.4, -0.2) is 50.2 Å². The molecule has 0 bridgehead atoms. The van der Waals surface area contributed by atoms with Gasteiger partial charge >= 0.3 is 0 Å². The lowest BCUT2D eigenvalue weighted by atomic mass is 10.3. The van der Waals surface area contributed by atoms with Crippen molar-refractivity contribution in [2.75, 3.05) is 45.2 Å². The van der Waals surface area contributed by atoms with Gasteiger partial charge in [-0.3, -0.25) is 0 Å². The fourth-order valence-electron chi connectivity index (χ4n) is 2.03. The molecule has 0 aromatic carbocycles. The van der Waals surface area contributed by atoms with Crippen molar-refractivity contribution >= 4 is 17.4 Å². The Kier molecular flexibility index (Phi) is 7.88. The maximum Gasteiger partial charge on any atom is 0.128 e. The number of hydrogen-bond donors (Lipinski definition) is 1. The van der Waals surface area contributed by atoms with E-state index in [4.69, 9.17) is 16.6 Å². The number of halogens is 1. The summed E-state index contributed by atoms with van der Waals surface area (Å²) in [5.41, 5.74) is 0.928. The van der Waals surface area contributed by atoms with Gasteiger partial charge in [-0.2, -0.15) is 0 Å². The van der Waals surface area contributed by atoms with Crippen molar-refractivity contribution in [1.82, 2.24) is 15.2 Å². The van der Waals surface area contributed by atoms with Crippen LogP contribution in [-0.2, 0) is 6.54 Å². The minimum atomic E-state index is 0.721. The van der Waals surface area contributed by atoms with E-state index in [1.165, 1.54) is 0 Å². The number of hydrogen-bond acceptors (Lipinski definition) is 4. The lowest BCUT2D eigenvalue weighted by Crippen LogP contribution is -2.28. The van der Waals surface area contributed by atoms with Crippen LogP contribution in [0.25, 0.3) is 0 Å². The first-order valence-corrected chi connectivity index (χ1v) is 7.72. The van der Waals surface area contributed by atoms with E-state index in [1.54, 1.807) is 0 Å². The first kappa shape index (κ1) is 17.2. The van der Waals surface area contributed by atoms with Crippen LogP contribution in [0.5, 0.6) is 0 Å². The molecule has 1 heterocycles. The SMILES string of the molecule is CCNCc1nc(N(CC)CCCN(C)C)ccc1Cl. The van der Waals surface area contributed by atoms with Gasteiger partial charge in [-0.05, 0) is 52.7 Å². The molecule has 1 aromatic rings. The lowest BCUT2D eigenvalue weighted by Gasteiger charge is -2.23. The zero-order valence-electron chi connectivity index (χ0n) is 13.1. The lowest BCUT2D eigenvalue weighted by molar-refractivity contribution is 0.400. The zero-order valence-corrected chi connectivity index (χ0v) is 13.9. The van der Waals surface area contributed by atoms with Gasteiger partial charge in [-0.25, -0.2) is 4.98 Å². The molecule has 0 aliphatic rings. The fourth-order valence-corrected chi connectivity index (χ4v) is 2.20. The summed E-state index contributed by atoms with van der Waals surface area (Å²) in [7, 11) is 4.21. The van der Waals surface area contributed by atoms with Gasteiger partial charge in [-0.1, -0.05) is 18.5 Å².